The molecule has 2 unspecified atom stereocenters. The van der Waals surface area contributed by atoms with Gasteiger partial charge in [0.25, 0.3) is 0 Å². The molecule has 3 nitrogen and oxygen atoms in total. The van der Waals surface area contributed by atoms with E-state index >= 15 is 0 Å². The lowest BCUT2D eigenvalue weighted by molar-refractivity contribution is 0.398. The van der Waals surface area contributed by atoms with Crippen LogP contribution < -0.4 is 5.32 Å². The topological polar surface area (TPSA) is 46.2 Å². The number of nitrogens with one attached hydrogen (secondary N) is 1. The summed E-state index contributed by atoms with van der Waals surface area (Å²) in [6, 6.07) is 7.67. The van der Waals surface area contributed by atoms with E-state index in [1.54, 1.807) is 12.1 Å². The molecule has 0 saturated heterocycles. The van der Waals surface area contributed by atoms with Crippen LogP contribution >= 0.6 is 11.6 Å². The molecular formula is C16H24ClNO2S. The lowest BCUT2D eigenvalue weighted by Gasteiger charge is -2.20. The van der Waals surface area contributed by atoms with E-state index in [4.69, 9.17) is 11.6 Å². The molecule has 0 amide bonds. The van der Waals surface area contributed by atoms with Crippen LogP contribution in [0, 0.1) is 5.92 Å². The van der Waals surface area contributed by atoms with Crippen LogP contribution in [0.4, 0.5) is 0 Å². The summed E-state index contributed by atoms with van der Waals surface area (Å²) < 4.78 is 24.6. The summed E-state index contributed by atoms with van der Waals surface area (Å²) in [5.41, 5.74) is 0.703. The average molecular weight is 330 g/mol. The van der Waals surface area contributed by atoms with Crippen molar-refractivity contribution in [1.82, 2.24) is 5.32 Å². The van der Waals surface area contributed by atoms with Gasteiger partial charge in [-0.3, -0.25) is 0 Å². The van der Waals surface area contributed by atoms with E-state index in [1.807, 2.05) is 12.1 Å². The Balaban J connectivity index is 1.91. The SMILES string of the molecule is CCNC1CCCC1CCS(=O)(=O)Cc1ccccc1Cl. The van der Waals surface area contributed by atoms with E-state index < -0.39 is 9.84 Å². The molecule has 1 aromatic rings. The van der Waals surface area contributed by atoms with Gasteiger partial charge in [0.05, 0.1) is 11.5 Å². The van der Waals surface area contributed by atoms with Crippen molar-refractivity contribution < 1.29 is 8.42 Å². The van der Waals surface area contributed by atoms with Gasteiger partial charge in [-0.05, 0) is 43.4 Å². The largest absolute Gasteiger partial charge is 0.314 e. The van der Waals surface area contributed by atoms with E-state index in [0.717, 1.165) is 19.4 Å². The zero-order valence-corrected chi connectivity index (χ0v) is 14.1. The maximum atomic E-state index is 12.3. The summed E-state index contributed by atoms with van der Waals surface area (Å²) in [6.07, 6.45) is 4.26. The Morgan fingerprint density at radius 1 is 1.29 bits per heavy atom. The van der Waals surface area contributed by atoms with Gasteiger partial charge in [0.2, 0.25) is 0 Å². The maximum absolute atomic E-state index is 12.3. The first-order valence-electron chi connectivity index (χ1n) is 7.69. The van der Waals surface area contributed by atoms with Crippen molar-refractivity contribution in [2.24, 2.45) is 5.92 Å². The summed E-state index contributed by atoms with van der Waals surface area (Å²) in [4.78, 5) is 0. The quantitative estimate of drug-likeness (QED) is 0.833. The molecule has 1 aromatic carbocycles. The molecule has 1 fully saturated rings. The molecule has 0 heterocycles. The zero-order valence-electron chi connectivity index (χ0n) is 12.5. The highest BCUT2D eigenvalue weighted by molar-refractivity contribution is 7.90. The third-order valence-corrected chi connectivity index (χ3v) is 6.24. The Labute approximate surface area is 133 Å². The minimum atomic E-state index is -3.10. The second-order valence-electron chi connectivity index (χ2n) is 5.83. The summed E-state index contributed by atoms with van der Waals surface area (Å²) in [7, 11) is -3.10. The van der Waals surface area contributed by atoms with E-state index in [1.165, 1.54) is 12.8 Å². The van der Waals surface area contributed by atoms with Gasteiger partial charge in [0.1, 0.15) is 0 Å². The van der Waals surface area contributed by atoms with Gasteiger partial charge in [-0.2, -0.15) is 0 Å². The normalized spacial score (nSPS) is 22.6. The van der Waals surface area contributed by atoms with E-state index in [9.17, 15) is 8.42 Å². The van der Waals surface area contributed by atoms with Gasteiger partial charge in [-0.25, -0.2) is 8.42 Å². The van der Waals surface area contributed by atoms with Gasteiger partial charge < -0.3 is 5.32 Å². The van der Waals surface area contributed by atoms with Gasteiger partial charge in [0, 0.05) is 11.1 Å². The van der Waals surface area contributed by atoms with Crippen molar-refractivity contribution in [2.75, 3.05) is 12.3 Å². The molecule has 1 aliphatic rings. The summed E-state index contributed by atoms with van der Waals surface area (Å²) >= 11 is 6.05. The molecule has 21 heavy (non-hydrogen) atoms. The van der Waals surface area contributed by atoms with Crippen LogP contribution in [0.25, 0.3) is 0 Å². The number of halogens is 1. The van der Waals surface area contributed by atoms with Crippen LogP contribution in [0.5, 0.6) is 0 Å². The maximum Gasteiger partial charge on any atom is 0.154 e. The van der Waals surface area contributed by atoms with Crippen molar-refractivity contribution in [3.05, 3.63) is 34.9 Å². The van der Waals surface area contributed by atoms with Crippen molar-refractivity contribution >= 4 is 21.4 Å². The summed E-state index contributed by atoms with van der Waals surface area (Å²) in [6.45, 7) is 3.05. The summed E-state index contributed by atoms with van der Waals surface area (Å²) in [5.74, 6) is 0.793. The van der Waals surface area contributed by atoms with Gasteiger partial charge in [-0.15, -0.1) is 0 Å². The Morgan fingerprint density at radius 3 is 2.76 bits per heavy atom. The molecular weight excluding hydrogens is 306 g/mol. The molecule has 118 valence electrons. The first-order chi connectivity index (χ1) is 10.0. The Morgan fingerprint density at radius 2 is 2.05 bits per heavy atom. The molecule has 1 aliphatic carbocycles. The van der Waals surface area contributed by atoms with Crippen molar-refractivity contribution in [2.45, 2.75) is 44.4 Å². The number of benzene rings is 1. The highest BCUT2D eigenvalue weighted by atomic mass is 35.5. The predicted molar refractivity (Wildman–Crippen MR) is 88.4 cm³/mol. The van der Waals surface area contributed by atoms with Crippen LogP contribution in [0.2, 0.25) is 5.02 Å². The van der Waals surface area contributed by atoms with Crippen LogP contribution in [0.15, 0.2) is 24.3 Å². The first-order valence-corrected chi connectivity index (χ1v) is 9.89. The molecule has 0 aliphatic heterocycles. The smallest absolute Gasteiger partial charge is 0.154 e. The highest BCUT2D eigenvalue weighted by Gasteiger charge is 2.27. The monoisotopic (exact) mass is 329 g/mol. The van der Waals surface area contributed by atoms with Crippen LogP contribution in [0.3, 0.4) is 0 Å². The Bertz CT molecular complexity index is 559. The van der Waals surface area contributed by atoms with Gasteiger partial charge >= 0.3 is 0 Å². The number of hydrogen-bond donors (Lipinski definition) is 1. The molecule has 2 atom stereocenters. The zero-order chi connectivity index (χ0) is 15.3. The minimum Gasteiger partial charge on any atom is -0.314 e. The lowest BCUT2D eigenvalue weighted by atomic mass is 10.0. The van der Waals surface area contributed by atoms with E-state index in [-0.39, 0.29) is 11.5 Å². The molecule has 2 rings (SSSR count). The molecule has 0 bridgehead atoms. The molecule has 5 heteroatoms. The molecule has 0 aromatic heterocycles. The van der Waals surface area contributed by atoms with Crippen LogP contribution in [-0.4, -0.2) is 26.8 Å². The molecule has 1 saturated carbocycles. The highest BCUT2D eigenvalue weighted by Crippen LogP contribution is 2.29. The Kier molecular flexibility index (Phi) is 6.08. The minimum absolute atomic E-state index is 0.0469. The second kappa shape index (κ2) is 7.61. The fraction of sp³-hybridized carbons (Fsp3) is 0.625. The van der Waals surface area contributed by atoms with E-state index in [0.29, 0.717) is 22.5 Å². The van der Waals surface area contributed by atoms with Crippen LogP contribution in [-0.2, 0) is 15.6 Å². The predicted octanol–water partition coefficient (Wildman–Crippen LogP) is 3.42. The third kappa shape index (κ3) is 4.97. The Hall–Kier alpha value is -0.580. The third-order valence-electron chi connectivity index (χ3n) is 4.26. The molecule has 1 N–H and O–H groups in total. The van der Waals surface area contributed by atoms with Crippen molar-refractivity contribution in [1.29, 1.82) is 0 Å². The van der Waals surface area contributed by atoms with E-state index in [2.05, 4.69) is 12.2 Å². The van der Waals surface area contributed by atoms with Crippen molar-refractivity contribution in [3.63, 3.8) is 0 Å². The number of rotatable bonds is 7. The average Bonchev–Trinajstić information content (AvgIpc) is 2.87. The lowest BCUT2D eigenvalue weighted by Crippen LogP contribution is -2.33. The fourth-order valence-electron chi connectivity index (χ4n) is 3.17. The second-order valence-corrected chi connectivity index (χ2v) is 8.42. The number of sulfone groups is 1. The number of hydrogen-bond acceptors (Lipinski definition) is 3. The first kappa shape index (κ1) is 16.8. The molecule has 0 spiro atoms. The standard InChI is InChI=1S/C16H24ClNO2S/c1-2-18-16-9-5-7-13(16)10-11-21(19,20)12-14-6-3-4-8-15(14)17/h3-4,6,8,13,16,18H,2,5,7,9-12H2,1H3. The summed E-state index contributed by atoms with van der Waals surface area (Å²) in [5, 5.41) is 4.01. The fourth-order valence-corrected chi connectivity index (χ4v) is 4.98. The molecule has 0 radical (unpaired) electrons. The van der Waals surface area contributed by atoms with Gasteiger partial charge in [0.15, 0.2) is 9.84 Å². The van der Waals surface area contributed by atoms with Gasteiger partial charge in [-0.1, -0.05) is 43.1 Å². The van der Waals surface area contributed by atoms with Crippen LogP contribution in [0.1, 0.15) is 38.2 Å². The van der Waals surface area contributed by atoms with Crippen molar-refractivity contribution in [3.8, 4) is 0 Å².